The van der Waals surface area contributed by atoms with Gasteiger partial charge in [0.15, 0.2) is 0 Å². The highest BCUT2D eigenvalue weighted by atomic mass is 32.1. The van der Waals surface area contributed by atoms with Gasteiger partial charge < -0.3 is 14.5 Å². The highest BCUT2D eigenvalue weighted by molar-refractivity contribution is 7.13. The van der Waals surface area contributed by atoms with Gasteiger partial charge in [0.25, 0.3) is 0 Å². The number of para-hydroxylation sites is 2. The van der Waals surface area contributed by atoms with Crippen LogP contribution in [0.4, 0.5) is 5.69 Å². The third kappa shape index (κ3) is 3.60. The van der Waals surface area contributed by atoms with E-state index in [0.29, 0.717) is 17.3 Å². The molecule has 0 aliphatic rings. The third-order valence-electron chi connectivity index (χ3n) is 3.19. The molecule has 1 N–H and O–H groups in total. The minimum absolute atomic E-state index is 0.140. The summed E-state index contributed by atoms with van der Waals surface area (Å²) in [5, 5.41) is 4.73. The molecule has 0 atom stereocenters. The predicted molar refractivity (Wildman–Crippen MR) is 89.6 cm³/mol. The SMILES string of the molecule is CC(=O)Nc1ccccc1OCc1nc(-c2cccs2)oc1C. The maximum absolute atomic E-state index is 11.2. The zero-order chi connectivity index (χ0) is 16.2. The molecule has 6 heteroatoms. The maximum Gasteiger partial charge on any atom is 0.236 e. The van der Waals surface area contributed by atoms with Gasteiger partial charge >= 0.3 is 0 Å². The van der Waals surface area contributed by atoms with Crippen LogP contribution in [0.25, 0.3) is 10.8 Å². The fourth-order valence-electron chi connectivity index (χ4n) is 2.10. The van der Waals surface area contributed by atoms with Gasteiger partial charge in [0.2, 0.25) is 11.8 Å². The van der Waals surface area contributed by atoms with Crippen LogP contribution in [0.1, 0.15) is 18.4 Å². The van der Waals surface area contributed by atoms with Crippen molar-refractivity contribution in [2.75, 3.05) is 5.32 Å². The van der Waals surface area contributed by atoms with Crippen LogP contribution in [0.2, 0.25) is 0 Å². The van der Waals surface area contributed by atoms with Crippen LogP contribution in [0.5, 0.6) is 5.75 Å². The number of ether oxygens (including phenoxy) is 1. The quantitative estimate of drug-likeness (QED) is 0.760. The molecular weight excluding hydrogens is 312 g/mol. The molecule has 23 heavy (non-hydrogen) atoms. The second-order valence-corrected chi connectivity index (χ2v) is 5.91. The molecule has 118 valence electrons. The van der Waals surface area contributed by atoms with Crippen LogP contribution in [-0.2, 0) is 11.4 Å². The van der Waals surface area contributed by atoms with E-state index in [9.17, 15) is 4.79 Å². The molecule has 0 spiro atoms. The number of rotatable bonds is 5. The smallest absolute Gasteiger partial charge is 0.236 e. The molecule has 0 saturated carbocycles. The Kier molecular flexibility index (Phi) is 4.43. The van der Waals surface area contributed by atoms with Crippen molar-refractivity contribution >= 4 is 22.9 Å². The molecule has 1 aromatic carbocycles. The van der Waals surface area contributed by atoms with Crippen molar-refractivity contribution < 1.29 is 13.9 Å². The Morgan fingerprint density at radius 1 is 1.30 bits per heavy atom. The number of nitrogens with zero attached hydrogens (tertiary/aromatic N) is 1. The lowest BCUT2D eigenvalue weighted by Crippen LogP contribution is -2.08. The molecule has 0 aliphatic heterocycles. The summed E-state index contributed by atoms with van der Waals surface area (Å²) in [6.07, 6.45) is 0. The van der Waals surface area contributed by atoms with Gasteiger partial charge in [-0.1, -0.05) is 18.2 Å². The number of amides is 1. The van der Waals surface area contributed by atoms with E-state index in [1.807, 2.05) is 36.6 Å². The van der Waals surface area contributed by atoms with E-state index in [1.165, 1.54) is 6.92 Å². The second-order valence-electron chi connectivity index (χ2n) is 4.97. The van der Waals surface area contributed by atoms with Crippen molar-refractivity contribution in [2.24, 2.45) is 0 Å². The average molecular weight is 328 g/mol. The van der Waals surface area contributed by atoms with E-state index < -0.39 is 0 Å². The first-order valence-corrected chi connectivity index (χ1v) is 8.01. The van der Waals surface area contributed by atoms with E-state index in [-0.39, 0.29) is 12.5 Å². The zero-order valence-corrected chi connectivity index (χ0v) is 13.6. The number of thiophene rings is 1. The Morgan fingerprint density at radius 2 is 2.13 bits per heavy atom. The number of anilines is 1. The molecular formula is C17H16N2O3S. The summed E-state index contributed by atoms with van der Waals surface area (Å²) in [5.74, 6) is 1.79. The van der Waals surface area contributed by atoms with Crippen molar-refractivity contribution in [3.05, 3.63) is 53.2 Å². The molecule has 0 unspecified atom stereocenters. The van der Waals surface area contributed by atoms with Gasteiger partial charge in [0, 0.05) is 6.92 Å². The molecule has 0 fully saturated rings. The number of benzene rings is 1. The van der Waals surface area contributed by atoms with Crippen molar-refractivity contribution in [3.8, 4) is 16.5 Å². The fraction of sp³-hybridized carbons (Fsp3) is 0.176. The van der Waals surface area contributed by atoms with E-state index >= 15 is 0 Å². The number of aryl methyl sites for hydroxylation is 1. The number of carbonyl (C=O) groups excluding carboxylic acids is 1. The number of nitrogens with one attached hydrogen (secondary N) is 1. The summed E-state index contributed by atoms with van der Waals surface area (Å²) in [4.78, 5) is 16.7. The molecule has 3 rings (SSSR count). The average Bonchev–Trinajstić information content (AvgIpc) is 3.15. The highest BCUT2D eigenvalue weighted by Crippen LogP contribution is 2.28. The third-order valence-corrected chi connectivity index (χ3v) is 4.04. The predicted octanol–water partition coefficient (Wildman–Crippen LogP) is 4.25. The van der Waals surface area contributed by atoms with Crippen molar-refractivity contribution in [2.45, 2.75) is 20.5 Å². The summed E-state index contributed by atoms with van der Waals surface area (Å²) in [7, 11) is 0. The number of hydrogen-bond donors (Lipinski definition) is 1. The highest BCUT2D eigenvalue weighted by Gasteiger charge is 2.13. The van der Waals surface area contributed by atoms with Crippen LogP contribution in [0.15, 0.2) is 46.2 Å². The molecule has 1 amide bonds. The molecule has 0 radical (unpaired) electrons. The topological polar surface area (TPSA) is 64.4 Å². The van der Waals surface area contributed by atoms with Gasteiger partial charge in [0.05, 0.1) is 10.6 Å². The Balaban J connectivity index is 1.75. The molecule has 2 aromatic heterocycles. The van der Waals surface area contributed by atoms with E-state index in [1.54, 1.807) is 23.5 Å². The first-order valence-electron chi connectivity index (χ1n) is 7.13. The molecule has 2 heterocycles. The van der Waals surface area contributed by atoms with Crippen LogP contribution < -0.4 is 10.1 Å². The van der Waals surface area contributed by atoms with Crippen LogP contribution in [0.3, 0.4) is 0 Å². The first kappa shape index (κ1) is 15.3. The molecule has 0 aliphatic carbocycles. The summed E-state index contributed by atoms with van der Waals surface area (Å²) in [6, 6.07) is 11.2. The van der Waals surface area contributed by atoms with E-state index in [0.717, 1.165) is 16.3 Å². The van der Waals surface area contributed by atoms with E-state index in [4.69, 9.17) is 9.15 Å². The maximum atomic E-state index is 11.2. The lowest BCUT2D eigenvalue weighted by Gasteiger charge is -2.10. The van der Waals surface area contributed by atoms with Crippen LogP contribution >= 0.6 is 11.3 Å². The largest absolute Gasteiger partial charge is 0.485 e. The van der Waals surface area contributed by atoms with Gasteiger partial charge in [0.1, 0.15) is 23.8 Å². The monoisotopic (exact) mass is 328 g/mol. The summed E-state index contributed by atoms with van der Waals surface area (Å²) in [5.41, 5.74) is 1.38. The van der Waals surface area contributed by atoms with Gasteiger partial charge in [-0.25, -0.2) is 4.98 Å². The first-order chi connectivity index (χ1) is 11.1. The summed E-state index contributed by atoms with van der Waals surface area (Å²) < 4.78 is 11.5. The Hall–Kier alpha value is -2.60. The second kappa shape index (κ2) is 6.66. The van der Waals surface area contributed by atoms with Gasteiger partial charge in [-0.3, -0.25) is 4.79 Å². The van der Waals surface area contributed by atoms with Crippen LogP contribution in [-0.4, -0.2) is 10.9 Å². The zero-order valence-electron chi connectivity index (χ0n) is 12.8. The fourth-order valence-corrected chi connectivity index (χ4v) is 2.75. The minimum atomic E-state index is -0.140. The standard InChI is InChI=1S/C17H16N2O3S/c1-11-14(19-17(22-11)16-8-5-9-23-16)10-21-15-7-4-3-6-13(15)18-12(2)20/h3-9H,10H2,1-2H3,(H,18,20). The van der Waals surface area contributed by atoms with Gasteiger partial charge in [-0.05, 0) is 30.5 Å². The van der Waals surface area contributed by atoms with Gasteiger partial charge in [-0.2, -0.15) is 0 Å². The minimum Gasteiger partial charge on any atom is -0.485 e. The van der Waals surface area contributed by atoms with Gasteiger partial charge in [-0.15, -0.1) is 11.3 Å². The number of oxazole rings is 1. The normalized spacial score (nSPS) is 10.5. The lowest BCUT2D eigenvalue weighted by atomic mass is 10.3. The Bertz CT molecular complexity index is 809. The van der Waals surface area contributed by atoms with E-state index in [2.05, 4.69) is 10.3 Å². The molecule has 5 nitrogen and oxygen atoms in total. The number of hydrogen-bond acceptors (Lipinski definition) is 5. The summed E-state index contributed by atoms with van der Waals surface area (Å²) in [6.45, 7) is 3.60. The summed E-state index contributed by atoms with van der Waals surface area (Å²) >= 11 is 1.58. The molecule has 0 bridgehead atoms. The van der Waals surface area contributed by atoms with Crippen molar-refractivity contribution in [1.29, 1.82) is 0 Å². The van der Waals surface area contributed by atoms with Crippen molar-refractivity contribution in [1.82, 2.24) is 4.98 Å². The molecule has 0 saturated heterocycles. The number of aromatic nitrogens is 1. The van der Waals surface area contributed by atoms with Crippen LogP contribution in [0, 0.1) is 6.92 Å². The Labute approximate surface area is 137 Å². The Morgan fingerprint density at radius 3 is 2.87 bits per heavy atom. The number of carbonyl (C=O) groups is 1. The molecule has 3 aromatic rings. The van der Waals surface area contributed by atoms with Crippen molar-refractivity contribution in [3.63, 3.8) is 0 Å². The lowest BCUT2D eigenvalue weighted by molar-refractivity contribution is -0.114.